The molecule has 0 aromatic heterocycles. The van der Waals surface area contributed by atoms with E-state index in [9.17, 15) is 42.6 Å². The van der Waals surface area contributed by atoms with Crippen molar-refractivity contribution in [1.29, 1.82) is 0 Å². The van der Waals surface area contributed by atoms with Gasteiger partial charge in [0.15, 0.2) is 12.6 Å². The van der Waals surface area contributed by atoms with Crippen LogP contribution in [0.4, 0.5) is 27.6 Å². The van der Waals surface area contributed by atoms with Gasteiger partial charge in [0.05, 0.1) is 36.4 Å². The predicted octanol–water partition coefficient (Wildman–Crippen LogP) is 13.2. The summed E-state index contributed by atoms with van der Waals surface area (Å²) >= 11 is 0. The molecule has 27 heteroatoms. The highest BCUT2D eigenvalue weighted by Gasteiger charge is 2.42. The first-order valence-corrected chi connectivity index (χ1v) is 30.1. The van der Waals surface area contributed by atoms with Gasteiger partial charge in [0, 0.05) is 34.4 Å². The molecule has 11 atom stereocenters. The minimum absolute atomic E-state index is 0.0351. The number of cyclic esters (lactones) is 1. The highest BCUT2D eigenvalue weighted by atomic mass is 19.1. The number of rotatable bonds is 24. The first-order valence-electron chi connectivity index (χ1n) is 30.1. The average Bonchev–Trinajstić information content (AvgIpc) is 1.14. The molecule has 93 heavy (non-hydrogen) atoms. The Morgan fingerprint density at radius 3 is 0.989 bits per heavy atom. The SMILES string of the molecule is [N-]=[N+]=NC1CC[C@@H]([C@@H](CF)N(Cc2ccccc2)C(=O)OCc2ccccc2)OC1=O.[N-]=[N+]=N[C@@H]1CC[C@@H]([C@@H](CF)N(Cc2ccccc2)C(=O)OCc2ccccc2)OC1O.[N-]=[N+]=N[C@H]1CC[C@@H]([C@@H](CF)N(Cc2ccccc2)C(=O)OCc2ccccc2)OC1O. The standard InChI is InChI=1S/2C22H25FN4O4.C22H23FN4O4/c3*23-13-19(20-12-11-18(25-26-24)21(28)31-20)27(14-16-7-3-1-4-8-16)22(29)30-15-17-9-5-2-6-10-17/h2*1-10,18-21,28H,11-15H2;1-10,18-20H,11-15H2/t18-,19+,20-,21?;18-,19-,20+,21?;18?,19-,20+/m011/s1. The monoisotopic (exact) mass is 1280 g/mol. The average molecular weight is 1280 g/mol. The summed E-state index contributed by atoms with van der Waals surface area (Å²) < 4.78 is 75.3. The molecule has 3 unspecified atom stereocenters. The highest BCUT2D eigenvalue weighted by molar-refractivity contribution is 5.77. The number of hydrogen-bond acceptors (Lipinski definition) is 15. The Balaban J connectivity index is 0.000000198. The van der Waals surface area contributed by atoms with Gasteiger partial charge in [-0.2, -0.15) is 0 Å². The normalized spacial score (nSPS) is 20.7. The van der Waals surface area contributed by atoms with Crippen molar-refractivity contribution in [1.82, 2.24) is 14.7 Å². The van der Waals surface area contributed by atoms with Crippen molar-refractivity contribution in [3.8, 4) is 0 Å². The number of alkyl halides is 3. The van der Waals surface area contributed by atoms with Crippen LogP contribution < -0.4 is 0 Å². The van der Waals surface area contributed by atoms with Gasteiger partial charge in [-0.1, -0.05) is 197 Å². The molecule has 6 aromatic carbocycles. The second kappa shape index (κ2) is 38.1. The van der Waals surface area contributed by atoms with Gasteiger partial charge in [0.25, 0.3) is 0 Å². The largest absolute Gasteiger partial charge is 0.460 e. The van der Waals surface area contributed by atoms with E-state index in [1.54, 1.807) is 0 Å². The van der Waals surface area contributed by atoms with E-state index in [2.05, 4.69) is 30.1 Å². The predicted molar refractivity (Wildman–Crippen MR) is 333 cm³/mol. The minimum Gasteiger partial charge on any atom is -0.460 e. The molecule has 3 fully saturated rings. The van der Waals surface area contributed by atoms with Crippen LogP contribution in [0.5, 0.6) is 0 Å². The number of halogens is 3. The highest BCUT2D eigenvalue weighted by Crippen LogP contribution is 2.30. The molecule has 3 aliphatic rings. The Morgan fingerprint density at radius 2 is 0.720 bits per heavy atom. The number of carbonyl (C=O) groups is 4. The van der Waals surface area contributed by atoms with Crippen LogP contribution in [0.2, 0.25) is 0 Å². The Hall–Kier alpha value is -9.84. The van der Waals surface area contributed by atoms with Crippen molar-refractivity contribution < 1.29 is 71.0 Å². The minimum atomic E-state index is -1.36. The van der Waals surface area contributed by atoms with Gasteiger partial charge < -0.3 is 38.6 Å². The molecule has 0 saturated carbocycles. The zero-order valence-electron chi connectivity index (χ0n) is 50.8. The third kappa shape index (κ3) is 21.9. The van der Waals surface area contributed by atoms with Crippen molar-refractivity contribution in [2.24, 2.45) is 15.3 Å². The van der Waals surface area contributed by atoms with Crippen LogP contribution in [0.1, 0.15) is 71.9 Å². The molecule has 0 aliphatic carbocycles. The fraction of sp³-hybridized carbons (Fsp3) is 0.394. The van der Waals surface area contributed by atoms with Crippen LogP contribution in [0.15, 0.2) is 197 Å². The number of aliphatic hydroxyl groups is 2. The molecule has 490 valence electrons. The van der Waals surface area contributed by atoms with E-state index < -0.39 is 111 Å². The van der Waals surface area contributed by atoms with Crippen molar-refractivity contribution in [3.05, 3.63) is 247 Å². The third-order valence-corrected chi connectivity index (χ3v) is 15.5. The lowest BCUT2D eigenvalue weighted by atomic mass is 9.98. The summed E-state index contributed by atoms with van der Waals surface area (Å²) in [5, 5.41) is 30.7. The molecule has 2 N–H and O–H groups in total. The van der Waals surface area contributed by atoms with Crippen LogP contribution in [0.25, 0.3) is 31.3 Å². The summed E-state index contributed by atoms with van der Waals surface area (Å²) in [7, 11) is 0. The molecule has 3 amide bonds. The van der Waals surface area contributed by atoms with E-state index in [1.165, 1.54) is 14.7 Å². The fourth-order valence-corrected chi connectivity index (χ4v) is 10.6. The van der Waals surface area contributed by atoms with Crippen LogP contribution in [-0.4, -0.2) is 136 Å². The summed E-state index contributed by atoms with van der Waals surface area (Å²) in [6.45, 7) is -2.19. The topological polar surface area (TPSA) is 320 Å². The quantitative estimate of drug-likeness (QED) is 0.0188. The first-order chi connectivity index (χ1) is 45.4. The van der Waals surface area contributed by atoms with Crippen LogP contribution in [0.3, 0.4) is 0 Å². The zero-order chi connectivity index (χ0) is 66.2. The second-order valence-electron chi connectivity index (χ2n) is 21.7. The van der Waals surface area contributed by atoms with E-state index in [0.29, 0.717) is 25.7 Å². The van der Waals surface area contributed by atoms with Gasteiger partial charge in [0.1, 0.15) is 58.0 Å². The van der Waals surface area contributed by atoms with E-state index in [4.69, 9.17) is 45.0 Å². The van der Waals surface area contributed by atoms with Gasteiger partial charge in [-0.3, -0.25) is 19.5 Å². The van der Waals surface area contributed by atoms with E-state index in [0.717, 1.165) is 33.4 Å². The Morgan fingerprint density at radius 1 is 0.441 bits per heavy atom. The summed E-state index contributed by atoms with van der Waals surface area (Å²) in [5.74, 6) is -0.718. The maximum Gasteiger partial charge on any atom is 0.410 e. The van der Waals surface area contributed by atoms with E-state index in [-0.39, 0.29) is 52.3 Å². The number of amides is 3. The number of esters is 1. The smallest absolute Gasteiger partial charge is 0.410 e. The summed E-state index contributed by atoms with van der Waals surface area (Å²) in [5.41, 5.74) is 30.6. The molecule has 3 heterocycles. The molecule has 3 aliphatic heterocycles. The van der Waals surface area contributed by atoms with Gasteiger partial charge in [-0.15, -0.1) is 0 Å². The van der Waals surface area contributed by atoms with Crippen molar-refractivity contribution in [3.63, 3.8) is 0 Å². The number of carbonyl (C=O) groups excluding carboxylic acids is 4. The van der Waals surface area contributed by atoms with Crippen molar-refractivity contribution in [2.75, 3.05) is 20.0 Å². The molecular weight excluding hydrogens is 1210 g/mol. The van der Waals surface area contributed by atoms with Gasteiger partial charge in [-0.25, -0.2) is 27.6 Å². The van der Waals surface area contributed by atoms with Crippen LogP contribution in [0, 0.1) is 0 Å². The molecule has 24 nitrogen and oxygen atoms in total. The van der Waals surface area contributed by atoms with Crippen molar-refractivity contribution >= 4 is 24.2 Å². The first kappa shape index (κ1) is 70.6. The Bertz CT molecular complexity index is 3240. The summed E-state index contributed by atoms with van der Waals surface area (Å²) in [4.78, 5) is 62.9. The van der Waals surface area contributed by atoms with Crippen LogP contribution >= 0.6 is 0 Å². The summed E-state index contributed by atoms with van der Waals surface area (Å²) in [6.07, 6.45) is -5.38. The molecule has 6 aromatic rings. The Kier molecular flexibility index (Phi) is 28.9. The van der Waals surface area contributed by atoms with Crippen LogP contribution in [-0.2, 0) is 72.7 Å². The molecule has 0 spiro atoms. The maximum absolute atomic E-state index is 14.2. The second-order valence-corrected chi connectivity index (χ2v) is 21.7. The number of azide groups is 3. The molecule has 0 radical (unpaired) electrons. The lowest BCUT2D eigenvalue weighted by Gasteiger charge is -2.39. The number of benzene rings is 6. The third-order valence-electron chi connectivity index (χ3n) is 15.5. The van der Waals surface area contributed by atoms with Gasteiger partial charge in [-0.05, 0) is 88.5 Å². The number of aliphatic hydroxyl groups excluding tert-OH is 2. The lowest BCUT2D eigenvalue weighted by molar-refractivity contribution is -0.189. The lowest BCUT2D eigenvalue weighted by Crippen LogP contribution is -2.53. The van der Waals surface area contributed by atoms with E-state index in [1.807, 2.05) is 182 Å². The molecule has 3 saturated heterocycles. The molecule has 0 bridgehead atoms. The van der Waals surface area contributed by atoms with Crippen molar-refractivity contribution in [2.45, 2.75) is 145 Å². The van der Waals surface area contributed by atoms with Gasteiger partial charge in [0.2, 0.25) is 0 Å². The Labute approximate surface area is 535 Å². The number of nitrogens with zero attached hydrogens (tertiary/aromatic N) is 12. The van der Waals surface area contributed by atoms with Gasteiger partial charge >= 0.3 is 24.2 Å². The molecular formula is C66H73F3N12O12. The zero-order valence-corrected chi connectivity index (χ0v) is 50.8. The fourth-order valence-electron chi connectivity index (χ4n) is 10.6. The molecule has 9 rings (SSSR count). The maximum atomic E-state index is 14.2. The number of hydrogen-bond donors (Lipinski definition) is 2. The number of ether oxygens (including phenoxy) is 6. The summed E-state index contributed by atoms with van der Waals surface area (Å²) in [6, 6.07) is 49.7. The van der Waals surface area contributed by atoms with E-state index >= 15 is 0 Å².